The summed E-state index contributed by atoms with van der Waals surface area (Å²) in [7, 11) is 0. The number of carbonyl (C=O) groups excluding carboxylic acids is 1. The molecule has 1 N–H and O–H groups in total. The van der Waals surface area contributed by atoms with Crippen molar-refractivity contribution in [2.45, 2.75) is 18.9 Å². The van der Waals surface area contributed by atoms with Gasteiger partial charge in [-0.1, -0.05) is 12.1 Å². The summed E-state index contributed by atoms with van der Waals surface area (Å²) in [6.07, 6.45) is 3.44. The van der Waals surface area contributed by atoms with Crippen molar-refractivity contribution in [3.05, 3.63) is 59.5 Å². The van der Waals surface area contributed by atoms with Crippen molar-refractivity contribution in [2.75, 3.05) is 18.1 Å². The van der Waals surface area contributed by atoms with Gasteiger partial charge in [0.2, 0.25) is 5.88 Å². The van der Waals surface area contributed by atoms with Crippen LogP contribution in [0.1, 0.15) is 22.3 Å². The van der Waals surface area contributed by atoms with Crippen molar-refractivity contribution in [3.8, 4) is 5.88 Å². The van der Waals surface area contributed by atoms with E-state index in [1.807, 2.05) is 11.8 Å². The van der Waals surface area contributed by atoms with E-state index in [4.69, 9.17) is 4.74 Å². The number of aromatic nitrogens is 1. The van der Waals surface area contributed by atoms with Crippen LogP contribution in [0.4, 0.5) is 4.39 Å². The Morgan fingerprint density at radius 1 is 1.33 bits per heavy atom. The number of thioether (sulfide) groups is 1. The first-order chi connectivity index (χ1) is 11.7. The second-order valence-corrected chi connectivity index (χ2v) is 6.77. The van der Waals surface area contributed by atoms with Gasteiger partial charge in [-0.15, -0.1) is 0 Å². The number of nitrogens with one attached hydrogen (secondary N) is 1. The maximum absolute atomic E-state index is 12.9. The molecule has 1 aromatic carbocycles. The van der Waals surface area contributed by atoms with Gasteiger partial charge in [0.25, 0.3) is 5.91 Å². The fourth-order valence-electron chi connectivity index (χ4n) is 2.47. The lowest BCUT2D eigenvalue weighted by molar-refractivity contribution is 0.0953. The standard InChI is InChI=1S/C18H19FN2O2S/c19-15-3-1-13(2-4-15)5-8-21-18(22)14-6-9-20-17(11-14)23-16-7-10-24-12-16/h1-4,6,9,11,16H,5,7-8,10,12H2,(H,21,22)/t16-/m0/s1. The van der Waals surface area contributed by atoms with Crippen LogP contribution in [0.25, 0.3) is 0 Å². The Labute approximate surface area is 144 Å². The third-order valence-electron chi connectivity index (χ3n) is 3.78. The van der Waals surface area contributed by atoms with E-state index in [2.05, 4.69) is 10.3 Å². The van der Waals surface area contributed by atoms with Crippen LogP contribution in [0.2, 0.25) is 0 Å². The Hall–Kier alpha value is -2.08. The average Bonchev–Trinajstić information content (AvgIpc) is 3.10. The van der Waals surface area contributed by atoms with Gasteiger partial charge in [0, 0.05) is 30.1 Å². The molecule has 1 saturated heterocycles. The summed E-state index contributed by atoms with van der Waals surface area (Å²) in [5.41, 5.74) is 1.51. The third-order valence-corrected chi connectivity index (χ3v) is 4.92. The number of nitrogens with zero attached hydrogens (tertiary/aromatic N) is 1. The number of hydrogen-bond acceptors (Lipinski definition) is 4. The summed E-state index contributed by atoms with van der Waals surface area (Å²) in [5.74, 6) is 2.15. The second kappa shape index (κ2) is 8.15. The molecule has 0 spiro atoms. The minimum atomic E-state index is -0.257. The van der Waals surface area contributed by atoms with Crippen LogP contribution in [-0.2, 0) is 6.42 Å². The van der Waals surface area contributed by atoms with Crippen LogP contribution in [0, 0.1) is 5.82 Å². The summed E-state index contributed by atoms with van der Waals surface area (Å²) in [5, 5.41) is 2.86. The average molecular weight is 346 g/mol. The fraction of sp³-hybridized carbons (Fsp3) is 0.333. The number of pyridine rings is 1. The Morgan fingerprint density at radius 2 is 2.17 bits per heavy atom. The van der Waals surface area contributed by atoms with Gasteiger partial charge in [-0.3, -0.25) is 4.79 Å². The molecule has 126 valence electrons. The fourth-order valence-corrected chi connectivity index (χ4v) is 3.56. The zero-order valence-electron chi connectivity index (χ0n) is 13.2. The van der Waals surface area contributed by atoms with Crippen LogP contribution >= 0.6 is 11.8 Å². The number of amides is 1. The summed E-state index contributed by atoms with van der Waals surface area (Å²) in [6, 6.07) is 9.63. The molecule has 0 bridgehead atoms. The maximum Gasteiger partial charge on any atom is 0.251 e. The van der Waals surface area contributed by atoms with E-state index in [1.54, 1.807) is 30.5 Å². The molecule has 24 heavy (non-hydrogen) atoms. The highest BCUT2D eigenvalue weighted by atomic mass is 32.2. The van der Waals surface area contributed by atoms with Crippen LogP contribution in [0.5, 0.6) is 5.88 Å². The van der Waals surface area contributed by atoms with Crippen LogP contribution in [-0.4, -0.2) is 35.0 Å². The van der Waals surface area contributed by atoms with Gasteiger partial charge in [-0.25, -0.2) is 9.37 Å². The largest absolute Gasteiger partial charge is 0.473 e. The molecule has 2 aromatic rings. The van der Waals surface area contributed by atoms with Crippen molar-refractivity contribution < 1.29 is 13.9 Å². The SMILES string of the molecule is O=C(NCCc1ccc(F)cc1)c1ccnc(O[C@H]2CCSC2)c1. The molecule has 0 radical (unpaired) electrons. The van der Waals surface area contributed by atoms with Crippen molar-refractivity contribution in [3.63, 3.8) is 0 Å². The lowest BCUT2D eigenvalue weighted by Crippen LogP contribution is -2.26. The normalized spacial score (nSPS) is 16.8. The van der Waals surface area contributed by atoms with Crippen LogP contribution in [0.3, 0.4) is 0 Å². The summed E-state index contributed by atoms with van der Waals surface area (Å²) in [6.45, 7) is 0.488. The van der Waals surface area contributed by atoms with E-state index >= 15 is 0 Å². The van der Waals surface area contributed by atoms with Crippen molar-refractivity contribution in [2.24, 2.45) is 0 Å². The van der Waals surface area contributed by atoms with E-state index in [0.717, 1.165) is 23.5 Å². The quantitative estimate of drug-likeness (QED) is 0.873. The topological polar surface area (TPSA) is 51.2 Å². The van der Waals surface area contributed by atoms with Crippen molar-refractivity contribution >= 4 is 17.7 Å². The van der Waals surface area contributed by atoms with Crippen molar-refractivity contribution in [1.82, 2.24) is 10.3 Å². The molecular formula is C18H19FN2O2S. The van der Waals surface area contributed by atoms with Gasteiger partial charge < -0.3 is 10.1 Å². The van der Waals surface area contributed by atoms with E-state index < -0.39 is 0 Å². The minimum Gasteiger partial charge on any atom is -0.473 e. The Bertz CT molecular complexity index is 688. The number of carbonyl (C=O) groups is 1. The first kappa shape index (κ1) is 16.8. The van der Waals surface area contributed by atoms with E-state index in [1.165, 1.54) is 12.1 Å². The molecule has 0 aliphatic carbocycles. The van der Waals surface area contributed by atoms with E-state index in [0.29, 0.717) is 24.4 Å². The molecule has 3 rings (SSSR count). The molecule has 0 saturated carbocycles. The zero-order chi connectivity index (χ0) is 16.8. The molecule has 4 nitrogen and oxygen atoms in total. The molecular weight excluding hydrogens is 327 g/mol. The van der Waals surface area contributed by atoms with E-state index in [9.17, 15) is 9.18 Å². The zero-order valence-corrected chi connectivity index (χ0v) is 14.0. The lowest BCUT2D eigenvalue weighted by Gasteiger charge is -2.12. The first-order valence-electron chi connectivity index (χ1n) is 7.94. The van der Waals surface area contributed by atoms with Gasteiger partial charge in [0.05, 0.1) is 0 Å². The van der Waals surface area contributed by atoms with Crippen LogP contribution in [0.15, 0.2) is 42.6 Å². The Kier molecular flexibility index (Phi) is 5.69. The van der Waals surface area contributed by atoms with Crippen LogP contribution < -0.4 is 10.1 Å². The lowest BCUT2D eigenvalue weighted by atomic mass is 10.1. The van der Waals surface area contributed by atoms with E-state index in [-0.39, 0.29) is 17.8 Å². The Morgan fingerprint density at radius 3 is 2.92 bits per heavy atom. The second-order valence-electron chi connectivity index (χ2n) is 5.62. The highest BCUT2D eigenvalue weighted by molar-refractivity contribution is 7.99. The predicted octanol–water partition coefficient (Wildman–Crippen LogP) is 3.08. The summed E-state index contributed by atoms with van der Waals surface area (Å²) < 4.78 is 18.7. The smallest absolute Gasteiger partial charge is 0.251 e. The number of rotatable bonds is 6. The molecule has 1 aliphatic heterocycles. The van der Waals surface area contributed by atoms with Gasteiger partial charge in [0.15, 0.2) is 0 Å². The van der Waals surface area contributed by atoms with Gasteiger partial charge in [0.1, 0.15) is 11.9 Å². The monoisotopic (exact) mass is 346 g/mol. The minimum absolute atomic E-state index is 0.162. The molecule has 1 aliphatic rings. The number of hydrogen-bond donors (Lipinski definition) is 1. The van der Waals surface area contributed by atoms with Gasteiger partial charge in [-0.05, 0) is 42.4 Å². The number of ether oxygens (including phenoxy) is 1. The Balaban J connectivity index is 1.51. The summed E-state index contributed by atoms with van der Waals surface area (Å²) >= 11 is 1.87. The molecule has 2 heterocycles. The number of benzene rings is 1. The first-order valence-corrected chi connectivity index (χ1v) is 9.09. The maximum atomic E-state index is 12.9. The molecule has 6 heteroatoms. The predicted molar refractivity (Wildman–Crippen MR) is 93.0 cm³/mol. The number of halogens is 1. The molecule has 1 aromatic heterocycles. The van der Waals surface area contributed by atoms with Gasteiger partial charge >= 0.3 is 0 Å². The highest BCUT2D eigenvalue weighted by Crippen LogP contribution is 2.22. The molecule has 1 fully saturated rings. The molecule has 0 unspecified atom stereocenters. The highest BCUT2D eigenvalue weighted by Gasteiger charge is 2.18. The van der Waals surface area contributed by atoms with Gasteiger partial charge in [-0.2, -0.15) is 11.8 Å². The van der Waals surface area contributed by atoms with Crippen molar-refractivity contribution in [1.29, 1.82) is 0 Å². The summed E-state index contributed by atoms with van der Waals surface area (Å²) in [4.78, 5) is 16.4. The molecule has 1 atom stereocenters. The third kappa shape index (κ3) is 4.71. The molecule has 1 amide bonds.